The Kier molecular flexibility index (Phi) is 3.19. The second kappa shape index (κ2) is 4.40. The molecule has 1 heterocycles. The lowest BCUT2D eigenvalue weighted by Crippen LogP contribution is -2.35. The summed E-state index contributed by atoms with van der Waals surface area (Å²) in [5.74, 6) is 1.00. The third-order valence-corrected chi connectivity index (χ3v) is 3.11. The zero-order valence-electron chi connectivity index (χ0n) is 8.34. The molecular weight excluding hydrogens is 162 g/mol. The van der Waals surface area contributed by atoms with Gasteiger partial charge in [-0.1, -0.05) is 0 Å². The van der Waals surface area contributed by atoms with Gasteiger partial charge in [0.15, 0.2) is 0 Å². The van der Waals surface area contributed by atoms with Gasteiger partial charge in [0.25, 0.3) is 0 Å². The molecule has 1 aliphatic carbocycles. The molecule has 0 unspecified atom stereocenters. The smallest absolute Gasteiger partial charge is 0.0207 e. The van der Waals surface area contributed by atoms with Crippen molar-refractivity contribution in [2.75, 3.05) is 32.7 Å². The van der Waals surface area contributed by atoms with Gasteiger partial charge in [-0.2, -0.15) is 0 Å². The van der Waals surface area contributed by atoms with Crippen LogP contribution in [-0.2, 0) is 0 Å². The van der Waals surface area contributed by atoms with Crippen LogP contribution < -0.4 is 11.1 Å². The maximum Gasteiger partial charge on any atom is 0.0207 e. The first-order chi connectivity index (χ1) is 6.38. The molecule has 0 radical (unpaired) electrons. The maximum atomic E-state index is 5.52. The van der Waals surface area contributed by atoms with E-state index in [4.69, 9.17) is 5.73 Å². The van der Waals surface area contributed by atoms with E-state index in [-0.39, 0.29) is 0 Å². The van der Waals surface area contributed by atoms with Crippen LogP contribution in [0.2, 0.25) is 0 Å². The van der Waals surface area contributed by atoms with Gasteiger partial charge in [-0.25, -0.2) is 0 Å². The number of hydrogen-bond acceptors (Lipinski definition) is 3. The van der Waals surface area contributed by atoms with Crippen molar-refractivity contribution >= 4 is 0 Å². The van der Waals surface area contributed by atoms with Crippen LogP contribution in [0.15, 0.2) is 0 Å². The highest BCUT2D eigenvalue weighted by Gasteiger charge is 2.25. The predicted octanol–water partition coefficient (Wildman–Crippen LogP) is 0.0190. The fraction of sp³-hybridized carbons (Fsp3) is 1.00. The Bertz CT molecular complexity index is 156. The quantitative estimate of drug-likeness (QED) is 0.631. The van der Waals surface area contributed by atoms with Gasteiger partial charge in [-0.3, -0.25) is 0 Å². The summed E-state index contributed by atoms with van der Waals surface area (Å²) < 4.78 is 0. The zero-order chi connectivity index (χ0) is 9.10. The Hall–Kier alpha value is -0.120. The molecule has 2 rings (SSSR count). The van der Waals surface area contributed by atoms with E-state index in [9.17, 15) is 0 Å². The second-order valence-electron chi connectivity index (χ2n) is 4.43. The van der Waals surface area contributed by atoms with Crippen molar-refractivity contribution in [2.24, 2.45) is 11.7 Å². The average molecular weight is 183 g/mol. The van der Waals surface area contributed by atoms with Gasteiger partial charge in [0.05, 0.1) is 0 Å². The Balaban J connectivity index is 1.59. The molecule has 3 N–H and O–H groups in total. The summed E-state index contributed by atoms with van der Waals surface area (Å²) in [6.45, 7) is 5.57. The first-order valence-corrected chi connectivity index (χ1v) is 5.54. The third kappa shape index (κ3) is 2.93. The van der Waals surface area contributed by atoms with Gasteiger partial charge in [0.2, 0.25) is 0 Å². The number of hydrogen-bond donors (Lipinski definition) is 2. The first-order valence-electron chi connectivity index (χ1n) is 5.54. The van der Waals surface area contributed by atoms with E-state index in [0.29, 0.717) is 0 Å². The molecule has 13 heavy (non-hydrogen) atoms. The lowest BCUT2D eigenvalue weighted by molar-refractivity contribution is 0.336. The monoisotopic (exact) mass is 183 g/mol. The number of nitrogens with two attached hydrogens (primary N) is 1. The minimum absolute atomic E-state index is 0.743. The highest BCUT2D eigenvalue weighted by Crippen LogP contribution is 2.28. The number of nitrogens with zero attached hydrogens (tertiary/aromatic N) is 1. The van der Waals surface area contributed by atoms with Crippen molar-refractivity contribution in [3.8, 4) is 0 Å². The molecule has 2 aliphatic rings. The molecule has 3 heteroatoms. The van der Waals surface area contributed by atoms with Gasteiger partial charge >= 0.3 is 0 Å². The van der Waals surface area contributed by atoms with E-state index < -0.39 is 0 Å². The second-order valence-corrected chi connectivity index (χ2v) is 4.43. The summed E-state index contributed by atoms with van der Waals surface area (Å²) in [6.07, 6.45) is 4.21. The molecule has 1 aliphatic heterocycles. The predicted molar refractivity (Wildman–Crippen MR) is 54.6 cm³/mol. The van der Waals surface area contributed by atoms with Crippen molar-refractivity contribution in [2.45, 2.75) is 25.3 Å². The fourth-order valence-electron chi connectivity index (χ4n) is 2.04. The normalized spacial score (nSPS) is 29.8. The molecule has 0 aromatic rings. The largest absolute Gasteiger partial charge is 0.329 e. The van der Waals surface area contributed by atoms with E-state index in [2.05, 4.69) is 10.2 Å². The summed E-state index contributed by atoms with van der Waals surface area (Å²) in [4.78, 5) is 2.46. The molecule has 0 aromatic carbocycles. The average Bonchev–Trinajstić information content (AvgIpc) is 2.85. The summed E-state index contributed by atoms with van der Waals surface area (Å²) in [6, 6.07) is 0.743. The van der Waals surface area contributed by atoms with E-state index in [0.717, 1.165) is 25.0 Å². The summed E-state index contributed by atoms with van der Waals surface area (Å²) in [7, 11) is 0. The molecule has 1 saturated carbocycles. The number of nitrogens with one attached hydrogen (secondary N) is 1. The van der Waals surface area contributed by atoms with Crippen LogP contribution in [-0.4, -0.2) is 43.7 Å². The Morgan fingerprint density at radius 1 is 1.31 bits per heavy atom. The Morgan fingerprint density at radius 2 is 2.15 bits per heavy atom. The Morgan fingerprint density at radius 3 is 2.85 bits per heavy atom. The van der Waals surface area contributed by atoms with Crippen LogP contribution in [0.25, 0.3) is 0 Å². The van der Waals surface area contributed by atoms with Crippen LogP contribution in [0.1, 0.15) is 19.3 Å². The topological polar surface area (TPSA) is 41.3 Å². The molecule has 3 nitrogen and oxygen atoms in total. The van der Waals surface area contributed by atoms with Crippen LogP contribution in [0, 0.1) is 5.92 Å². The zero-order valence-corrected chi connectivity index (χ0v) is 8.34. The van der Waals surface area contributed by atoms with Crippen LogP contribution in [0.5, 0.6) is 0 Å². The summed E-state index contributed by atoms with van der Waals surface area (Å²) >= 11 is 0. The van der Waals surface area contributed by atoms with E-state index >= 15 is 0 Å². The van der Waals surface area contributed by atoms with Crippen LogP contribution in [0.4, 0.5) is 0 Å². The van der Waals surface area contributed by atoms with Crippen LogP contribution >= 0.6 is 0 Å². The van der Waals surface area contributed by atoms with Crippen LogP contribution in [0.3, 0.4) is 0 Å². The minimum atomic E-state index is 0.743. The van der Waals surface area contributed by atoms with Crippen molar-refractivity contribution in [1.82, 2.24) is 10.2 Å². The molecular formula is C10H21N3. The highest BCUT2D eigenvalue weighted by molar-refractivity contribution is 4.84. The lowest BCUT2D eigenvalue weighted by atomic mass is 10.2. The molecule has 2 fully saturated rings. The Labute approximate surface area is 80.7 Å². The fourth-order valence-corrected chi connectivity index (χ4v) is 2.04. The van der Waals surface area contributed by atoms with Crippen molar-refractivity contribution in [3.05, 3.63) is 0 Å². The molecule has 0 amide bonds. The lowest BCUT2D eigenvalue weighted by Gasteiger charge is -2.15. The van der Waals surface area contributed by atoms with Gasteiger partial charge < -0.3 is 16.0 Å². The number of likely N-dealkylation sites (tertiary alicyclic amines) is 1. The van der Waals surface area contributed by atoms with E-state index in [1.807, 2.05) is 0 Å². The van der Waals surface area contributed by atoms with E-state index in [1.54, 1.807) is 0 Å². The molecule has 0 bridgehead atoms. The van der Waals surface area contributed by atoms with Crippen molar-refractivity contribution in [1.29, 1.82) is 0 Å². The third-order valence-electron chi connectivity index (χ3n) is 3.11. The molecule has 1 atom stereocenters. The highest BCUT2D eigenvalue weighted by atomic mass is 15.2. The molecule has 76 valence electrons. The summed E-state index contributed by atoms with van der Waals surface area (Å²) in [5, 5.41) is 3.65. The standard InChI is InChI=1S/C10H21N3/c11-4-6-13-5-3-10(8-13)12-7-9-1-2-9/h9-10,12H,1-8,11H2/t10-/m0/s1. The van der Waals surface area contributed by atoms with Crippen molar-refractivity contribution < 1.29 is 0 Å². The number of rotatable bonds is 5. The SMILES string of the molecule is NCCN1CC[C@H](NCC2CC2)C1. The molecule has 0 aromatic heterocycles. The minimum Gasteiger partial charge on any atom is -0.329 e. The van der Waals surface area contributed by atoms with Crippen molar-refractivity contribution in [3.63, 3.8) is 0 Å². The maximum absolute atomic E-state index is 5.52. The van der Waals surface area contributed by atoms with Gasteiger partial charge in [0, 0.05) is 25.7 Å². The van der Waals surface area contributed by atoms with Gasteiger partial charge in [-0.15, -0.1) is 0 Å². The first kappa shape index (κ1) is 9.44. The van der Waals surface area contributed by atoms with Gasteiger partial charge in [0.1, 0.15) is 0 Å². The van der Waals surface area contributed by atoms with Gasteiger partial charge in [-0.05, 0) is 38.3 Å². The van der Waals surface area contributed by atoms with E-state index in [1.165, 1.54) is 38.9 Å². The molecule has 0 spiro atoms. The summed E-state index contributed by atoms with van der Waals surface area (Å²) in [5.41, 5.74) is 5.52. The molecule has 1 saturated heterocycles.